The van der Waals surface area contributed by atoms with Crippen LogP contribution in [0.1, 0.15) is 31.9 Å². The van der Waals surface area contributed by atoms with Crippen molar-refractivity contribution in [3.63, 3.8) is 0 Å². The van der Waals surface area contributed by atoms with Crippen molar-refractivity contribution in [2.45, 2.75) is 38.0 Å². The molecule has 0 unspecified atom stereocenters. The van der Waals surface area contributed by atoms with Crippen LogP contribution in [-0.4, -0.2) is 0 Å². The number of rotatable bonds is 3. The molecule has 2 rings (SSSR count). The lowest BCUT2D eigenvalue weighted by molar-refractivity contribution is 0.523. The van der Waals surface area contributed by atoms with Gasteiger partial charge in [0.25, 0.3) is 0 Å². The molecule has 0 fully saturated rings. The Balaban J connectivity index is 2.12. The van der Waals surface area contributed by atoms with Crippen LogP contribution in [0.4, 0.5) is 10.1 Å². The third kappa shape index (κ3) is 3.54. The minimum Gasteiger partial charge on any atom is -0.326 e. The van der Waals surface area contributed by atoms with Crippen molar-refractivity contribution >= 4 is 17.6 Å². The number of benzene rings is 2. The Hall–Kier alpha value is -1.48. The first kappa shape index (κ1) is 14.9. The van der Waals surface area contributed by atoms with Crippen LogP contribution in [0.25, 0.3) is 0 Å². The molecule has 0 atom stereocenters. The zero-order valence-corrected chi connectivity index (χ0v) is 13.1. The van der Waals surface area contributed by atoms with Gasteiger partial charge in [-0.15, -0.1) is 0 Å². The van der Waals surface area contributed by atoms with Crippen molar-refractivity contribution < 1.29 is 4.39 Å². The minimum atomic E-state index is -0.175. The molecule has 0 aliphatic carbocycles. The molecule has 2 aromatic carbocycles. The highest BCUT2D eigenvalue weighted by Crippen LogP contribution is 2.29. The van der Waals surface area contributed by atoms with Gasteiger partial charge in [0.1, 0.15) is 5.82 Å². The number of hydrogen-bond acceptors (Lipinski definition) is 2. The summed E-state index contributed by atoms with van der Waals surface area (Å²) in [5.41, 5.74) is 2.55. The predicted molar refractivity (Wildman–Crippen MR) is 85.8 cm³/mol. The number of aryl methyl sites for hydroxylation is 1. The van der Waals surface area contributed by atoms with Gasteiger partial charge in [-0.1, -0.05) is 45.0 Å². The molecule has 0 bridgehead atoms. The molecule has 1 nitrogen and oxygen atoms in total. The molecule has 2 aromatic rings. The molecule has 0 amide bonds. The molecule has 106 valence electrons. The Morgan fingerprint density at radius 3 is 2.35 bits per heavy atom. The monoisotopic (exact) mass is 289 g/mol. The lowest BCUT2D eigenvalue weighted by atomic mass is 9.86. The number of nitrogens with one attached hydrogen (secondary N) is 1. The smallest absolute Gasteiger partial charge is 0.129 e. The second-order valence-corrected chi connectivity index (χ2v) is 6.76. The highest BCUT2D eigenvalue weighted by atomic mass is 32.2. The number of hydrogen-bond donors (Lipinski definition) is 1. The van der Waals surface area contributed by atoms with E-state index in [4.69, 9.17) is 0 Å². The summed E-state index contributed by atoms with van der Waals surface area (Å²) < 4.78 is 17.3. The maximum atomic E-state index is 14.1. The number of halogens is 1. The van der Waals surface area contributed by atoms with Gasteiger partial charge in [0.2, 0.25) is 0 Å². The van der Waals surface area contributed by atoms with Crippen LogP contribution >= 0.6 is 11.9 Å². The second kappa shape index (κ2) is 5.88. The molecular formula is C17H20FNS. The zero-order chi connectivity index (χ0) is 14.8. The summed E-state index contributed by atoms with van der Waals surface area (Å²) in [6.07, 6.45) is 0. The van der Waals surface area contributed by atoms with Gasteiger partial charge in [-0.25, -0.2) is 4.39 Å². The summed E-state index contributed by atoms with van der Waals surface area (Å²) in [5.74, 6) is -0.159. The second-order valence-electron chi connectivity index (χ2n) is 5.91. The van der Waals surface area contributed by atoms with E-state index in [0.29, 0.717) is 0 Å². The van der Waals surface area contributed by atoms with Crippen molar-refractivity contribution in [2.24, 2.45) is 0 Å². The average molecular weight is 289 g/mol. The van der Waals surface area contributed by atoms with Gasteiger partial charge in [-0.2, -0.15) is 0 Å². The molecule has 0 aliphatic rings. The topological polar surface area (TPSA) is 12.0 Å². The highest BCUT2D eigenvalue weighted by molar-refractivity contribution is 8.00. The Kier molecular flexibility index (Phi) is 4.39. The number of anilines is 1. The first-order valence-corrected chi connectivity index (χ1v) is 7.48. The van der Waals surface area contributed by atoms with Crippen LogP contribution in [0, 0.1) is 12.7 Å². The van der Waals surface area contributed by atoms with Crippen molar-refractivity contribution in [3.8, 4) is 0 Å². The maximum Gasteiger partial charge on any atom is 0.129 e. The van der Waals surface area contributed by atoms with E-state index in [9.17, 15) is 4.39 Å². The van der Waals surface area contributed by atoms with E-state index in [-0.39, 0.29) is 11.2 Å². The van der Waals surface area contributed by atoms with Crippen LogP contribution in [-0.2, 0) is 5.41 Å². The normalized spacial score (nSPS) is 11.4. The molecule has 0 radical (unpaired) electrons. The van der Waals surface area contributed by atoms with E-state index in [1.807, 2.05) is 51.1 Å². The minimum absolute atomic E-state index is 0.159. The van der Waals surface area contributed by atoms with Gasteiger partial charge < -0.3 is 4.72 Å². The largest absolute Gasteiger partial charge is 0.326 e. The Labute approximate surface area is 124 Å². The summed E-state index contributed by atoms with van der Waals surface area (Å²) in [6.45, 7) is 8.11. The summed E-state index contributed by atoms with van der Waals surface area (Å²) >= 11 is 1.51. The van der Waals surface area contributed by atoms with E-state index in [1.54, 1.807) is 6.07 Å². The Morgan fingerprint density at radius 2 is 1.75 bits per heavy atom. The van der Waals surface area contributed by atoms with E-state index in [1.165, 1.54) is 17.5 Å². The van der Waals surface area contributed by atoms with Crippen LogP contribution in [0.3, 0.4) is 0 Å². The Morgan fingerprint density at radius 1 is 1.05 bits per heavy atom. The fourth-order valence-electron chi connectivity index (χ4n) is 1.97. The van der Waals surface area contributed by atoms with Gasteiger partial charge in [-0.3, -0.25) is 0 Å². The van der Waals surface area contributed by atoms with Crippen LogP contribution in [0.2, 0.25) is 0 Å². The van der Waals surface area contributed by atoms with Crippen LogP contribution in [0.15, 0.2) is 47.4 Å². The third-order valence-electron chi connectivity index (χ3n) is 3.15. The van der Waals surface area contributed by atoms with Gasteiger partial charge in [0.05, 0.1) is 0 Å². The molecule has 0 saturated carbocycles. The van der Waals surface area contributed by atoms with Gasteiger partial charge in [0.15, 0.2) is 0 Å². The van der Waals surface area contributed by atoms with E-state index >= 15 is 0 Å². The first-order valence-electron chi connectivity index (χ1n) is 6.66. The molecular weight excluding hydrogens is 269 g/mol. The Bertz CT molecular complexity index is 602. The third-order valence-corrected chi connectivity index (χ3v) is 4.17. The summed E-state index contributed by atoms with van der Waals surface area (Å²) in [5, 5.41) is 0. The standard InChI is InChI=1S/C17H20FNS/c1-12-7-5-6-8-16(12)20-19-13-9-10-14(15(18)11-13)17(2,3)4/h5-11,19H,1-4H3. The summed E-state index contributed by atoms with van der Waals surface area (Å²) in [4.78, 5) is 1.15. The average Bonchev–Trinajstić information content (AvgIpc) is 2.36. The lowest BCUT2D eigenvalue weighted by Crippen LogP contribution is -2.13. The molecule has 0 aromatic heterocycles. The predicted octanol–water partition coefficient (Wildman–Crippen LogP) is 5.55. The molecule has 0 heterocycles. The van der Waals surface area contributed by atoms with E-state index in [0.717, 1.165) is 16.1 Å². The van der Waals surface area contributed by atoms with E-state index in [2.05, 4.69) is 17.7 Å². The van der Waals surface area contributed by atoms with Crippen LogP contribution < -0.4 is 4.72 Å². The SMILES string of the molecule is Cc1ccccc1SNc1ccc(C(C)(C)C)c(F)c1. The van der Waals surface area contributed by atoms with Crippen LogP contribution in [0.5, 0.6) is 0 Å². The fourth-order valence-corrected chi connectivity index (χ4v) is 2.70. The fraction of sp³-hybridized carbons (Fsp3) is 0.294. The van der Waals surface area contributed by atoms with Gasteiger partial charge in [0, 0.05) is 10.6 Å². The lowest BCUT2D eigenvalue weighted by Gasteiger charge is -2.20. The molecule has 1 N–H and O–H groups in total. The first-order chi connectivity index (χ1) is 9.38. The van der Waals surface area contributed by atoms with Gasteiger partial charge in [-0.05, 0) is 53.6 Å². The highest BCUT2D eigenvalue weighted by Gasteiger charge is 2.18. The molecule has 0 aliphatic heterocycles. The van der Waals surface area contributed by atoms with Crippen molar-refractivity contribution in [1.82, 2.24) is 0 Å². The summed E-state index contributed by atoms with van der Waals surface area (Å²) in [7, 11) is 0. The van der Waals surface area contributed by atoms with Crippen molar-refractivity contribution in [3.05, 3.63) is 59.4 Å². The van der Waals surface area contributed by atoms with E-state index < -0.39 is 0 Å². The quantitative estimate of drug-likeness (QED) is 0.743. The molecule has 0 saturated heterocycles. The zero-order valence-electron chi connectivity index (χ0n) is 12.3. The van der Waals surface area contributed by atoms with Crippen molar-refractivity contribution in [2.75, 3.05) is 4.72 Å². The molecule has 20 heavy (non-hydrogen) atoms. The summed E-state index contributed by atoms with van der Waals surface area (Å²) in [6, 6.07) is 13.5. The maximum absolute atomic E-state index is 14.1. The van der Waals surface area contributed by atoms with Gasteiger partial charge >= 0.3 is 0 Å². The molecule has 3 heteroatoms. The molecule has 0 spiro atoms. The van der Waals surface area contributed by atoms with Crippen molar-refractivity contribution in [1.29, 1.82) is 0 Å².